The number of rotatable bonds is 7. The normalized spacial score (nSPS) is 10.2. The van der Waals surface area contributed by atoms with Gasteiger partial charge in [0.1, 0.15) is 5.75 Å². The molecule has 0 aliphatic heterocycles. The summed E-state index contributed by atoms with van der Waals surface area (Å²) in [6.45, 7) is 2.52. The predicted octanol–water partition coefficient (Wildman–Crippen LogP) is 4.45. The van der Waals surface area contributed by atoms with E-state index in [1.54, 1.807) is 11.8 Å². The van der Waals surface area contributed by atoms with Crippen molar-refractivity contribution >= 4 is 17.5 Å². The quantitative estimate of drug-likeness (QED) is 0.427. The first-order valence-electron chi connectivity index (χ1n) is 6.73. The fraction of sp³-hybridized carbons (Fsp3) is 0.235. The molecular formula is C17H18O2S. The van der Waals surface area contributed by atoms with Crippen molar-refractivity contribution in [3.05, 3.63) is 60.2 Å². The molecule has 0 heterocycles. The number of ketones is 1. The minimum Gasteiger partial charge on any atom is -0.493 e. The van der Waals surface area contributed by atoms with E-state index in [-0.39, 0.29) is 5.78 Å². The summed E-state index contributed by atoms with van der Waals surface area (Å²) in [5, 5.41) is 0. The summed E-state index contributed by atoms with van der Waals surface area (Å²) < 4.78 is 5.66. The Balaban J connectivity index is 1.75. The van der Waals surface area contributed by atoms with Crippen LogP contribution in [-0.4, -0.2) is 18.1 Å². The maximum absolute atomic E-state index is 11.5. The first kappa shape index (κ1) is 14.7. The molecule has 0 saturated carbocycles. The fourth-order valence-electron chi connectivity index (χ4n) is 1.78. The van der Waals surface area contributed by atoms with E-state index in [9.17, 15) is 4.79 Å². The summed E-state index contributed by atoms with van der Waals surface area (Å²) in [4.78, 5) is 12.7. The van der Waals surface area contributed by atoms with E-state index in [4.69, 9.17) is 4.74 Å². The van der Waals surface area contributed by atoms with Crippen molar-refractivity contribution in [3.63, 3.8) is 0 Å². The Hall–Kier alpha value is -1.74. The number of Topliss-reactive ketones (excluding diaryl/α,β-unsaturated/α-hetero) is 1. The average molecular weight is 286 g/mol. The van der Waals surface area contributed by atoms with Crippen molar-refractivity contribution < 1.29 is 9.53 Å². The number of benzene rings is 2. The van der Waals surface area contributed by atoms with Gasteiger partial charge in [-0.15, -0.1) is 11.8 Å². The van der Waals surface area contributed by atoms with Gasteiger partial charge in [-0.05, 0) is 36.4 Å². The molecule has 20 heavy (non-hydrogen) atoms. The summed E-state index contributed by atoms with van der Waals surface area (Å²) >= 11 is 1.77. The zero-order chi connectivity index (χ0) is 14.2. The van der Waals surface area contributed by atoms with Crippen molar-refractivity contribution in [3.8, 4) is 5.75 Å². The molecule has 2 rings (SSSR count). The second-order valence-corrected chi connectivity index (χ2v) is 5.48. The summed E-state index contributed by atoms with van der Waals surface area (Å²) in [5.74, 6) is 1.88. The largest absolute Gasteiger partial charge is 0.493 e. The number of carbonyl (C=O) groups excluding carboxylic acids is 1. The molecule has 2 nitrogen and oxygen atoms in total. The Morgan fingerprint density at radius 3 is 2.40 bits per heavy atom. The topological polar surface area (TPSA) is 26.3 Å². The Morgan fingerprint density at radius 1 is 1.05 bits per heavy atom. The van der Waals surface area contributed by atoms with Gasteiger partial charge in [0.25, 0.3) is 0 Å². The van der Waals surface area contributed by atoms with E-state index in [1.165, 1.54) is 4.90 Å². The van der Waals surface area contributed by atoms with E-state index < -0.39 is 0 Å². The highest BCUT2D eigenvalue weighted by molar-refractivity contribution is 7.99. The molecule has 0 spiro atoms. The Kier molecular flexibility index (Phi) is 5.69. The van der Waals surface area contributed by atoms with Gasteiger partial charge in [-0.3, -0.25) is 4.79 Å². The molecule has 0 aliphatic carbocycles. The number of hydrogen-bond acceptors (Lipinski definition) is 3. The SMILES string of the molecule is CCC(=O)c1ccc(OCCSc2ccccc2)cc1. The predicted molar refractivity (Wildman–Crippen MR) is 83.7 cm³/mol. The van der Waals surface area contributed by atoms with Crippen LogP contribution in [-0.2, 0) is 0 Å². The maximum atomic E-state index is 11.5. The second kappa shape index (κ2) is 7.75. The zero-order valence-electron chi connectivity index (χ0n) is 11.5. The van der Waals surface area contributed by atoms with Gasteiger partial charge in [-0.25, -0.2) is 0 Å². The van der Waals surface area contributed by atoms with Crippen LogP contribution in [0.25, 0.3) is 0 Å². The van der Waals surface area contributed by atoms with Crippen LogP contribution in [0.4, 0.5) is 0 Å². The smallest absolute Gasteiger partial charge is 0.162 e. The highest BCUT2D eigenvalue weighted by Crippen LogP contribution is 2.18. The number of thioether (sulfide) groups is 1. The van der Waals surface area contributed by atoms with Crippen molar-refractivity contribution in [2.45, 2.75) is 18.2 Å². The van der Waals surface area contributed by atoms with Crippen LogP contribution in [0, 0.1) is 0 Å². The molecule has 0 amide bonds. The average Bonchev–Trinajstić information content (AvgIpc) is 2.52. The molecule has 0 bridgehead atoms. The van der Waals surface area contributed by atoms with Gasteiger partial charge < -0.3 is 4.74 Å². The molecule has 0 unspecified atom stereocenters. The molecule has 2 aromatic carbocycles. The lowest BCUT2D eigenvalue weighted by Crippen LogP contribution is -2.01. The van der Waals surface area contributed by atoms with Gasteiger partial charge in [-0.2, -0.15) is 0 Å². The van der Waals surface area contributed by atoms with E-state index >= 15 is 0 Å². The summed E-state index contributed by atoms with van der Waals surface area (Å²) in [6, 6.07) is 17.6. The van der Waals surface area contributed by atoms with Crippen molar-refractivity contribution in [2.24, 2.45) is 0 Å². The molecule has 104 valence electrons. The Bertz CT molecular complexity index is 535. The minimum absolute atomic E-state index is 0.163. The number of carbonyl (C=O) groups is 1. The fourth-order valence-corrected chi connectivity index (χ4v) is 2.53. The highest BCUT2D eigenvalue weighted by Gasteiger charge is 2.02. The molecule has 0 N–H and O–H groups in total. The first-order chi connectivity index (χ1) is 9.79. The Labute approximate surface area is 124 Å². The molecule has 0 radical (unpaired) electrons. The number of hydrogen-bond donors (Lipinski definition) is 0. The molecule has 0 saturated heterocycles. The van der Waals surface area contributed by atoms with Crippen LogP contribution in [0.2, 0.25) is 0 Å². The number of ether oxygens (including phenoxy) is 1. The van der Waals surface area contributed by atoms with Crippen LogP contribution >= 0.6 is 11.8 Å². The second-order valence-electron chi connectivity index (χ2n) is 4.31. The molecular weight excluding hydrogens is 268 g/mol. The summed E-state index contributed by atoms with van der Waals surface area (Å²) in [5.41, 5.74) is 0.749. The monoisotopic (exact) mass is 286 g/mol. The third-order valence-electron chi connectivity index (χ3n) is 2.86. The standard InChI is InChI=1S/C17H18O2S/c1-2-17(18)14-8-10-15(11-9-14)19-12-13-20-16-6-4-3-5-7-16/h3-11H,2,12-13H2,1H3. The summed E-state index contributed by atoms with van der Waals surface area (Å²) in [6.07, 6.45) is 0.536. The van der Waals surface area contributed by atoms with Gasteiger partial charge >= 0.3 is 0 Å². The van der Waals surface area contributed by atoms with Crippen molar-refractivity contribution in [2.75, 3.05) is 12.4 Å². The maximum Gasteiger partial charge on any atom is 0.162 e. The molecule has 0 fully saturated rings. The van der Waals surface area contributed by atoms with Crippen LogP contribution in [0.15, 0.2) is 59.5 Å². The van der Waals surface area contributed by atoms with Crippen LogP contribution < -0.4 is 4.74 Å². The van der Waals surface area contributed by atoms with Gasteiger partial charge in [-0.1, -0.05) is 25.1 Å². The molecule has 3 heteroatoms. The lowest BCUT2D eigenvalue weighted by atomic mass is 10.1. The van der Waals surface area contributed by atoms with E-state index in [0.29, 0.717) is 13.0 Å². The van der Waals surface area contributed by atoms with Gasteiger partial charge in [0.15, 0.2) is 5.78 Å². The highest BCUT2D eigenvalue weighted by atomic mass is 32.2. The Morgan fingerprint density at radius 2 is 1.75 bits per heavy atom. The van der Waals surface area contributed by atoms with E-state index in [1.807, 2.05) is 49.4 Å². The zero-order valence-corrected chi connectivity index (χ0v) is 12.4. The van der Waals surface area contributed by atoms with E-state index in [2.05, 4.69) is 12.1 Å². The minimum atomic E-state index is 0.163. The van der Waals surface area contributed by atoms with Crippen LogP contribution in [0.3, 0.4) is 0 Å². The third-order valence-corrected chi connectivity index (χ3v) is 3.84. The third kappa shape index (κ3) is 4.42. The van der Waals surface area contributed by atoms with Crippen LogP contribution in [0.5, 0.6) is 5.75 Å². The molecule has 0 aliphatic rings. The lowest BCUT2D eigenvalue weighted by Gasteiger charge is -2.06. The molecule has 0 atom stereocenters. The van der Waals surface area contributed by atoms with Gasteiger partial charge in [0.05, 0.1) is 6.61 Å². The lowest BCUT2D eigenvalue weighted by molar-refractivity contribution is 0.0988. The molecule has 2 aromatic rings. The molecule has 0 aromatic heterocycles. The van der Waals surface area contributed by atoms with E-state index in [0.717, 1.165) is 17.1 Å². The van der Waals surface area contributed by atoms with Gasteiger partial charge in [0.2, 0.25) is 0 Å². The summed E-state index contributed by atoms with van der Waals surface area (Å²) in [7, 11) is 0. The van der Waals surface area contributed by atoms with Crippen molar-refractivity contribution in [1.82, 2.24) is 0 Å². The van der Waals surface area contributed by atoms with Gasteiger partial charge in [0, 0.05) is 22.6 Å². The first-order valence-corrected chi connectivity index (χ1v) is 7.72. The van der Waals surface area contributed by atoms with Crippen molar-refractivity contribution in [1.29, 1.82) is 0 Å². The van der Waals surface area contributed by atoms with Crippen LogP contribution in [0.1, 0.15) is 23.7 Å².